The monoisotopic (exact) mass is 906 g/mol. The van der Waals surface area contributed by atoms with Crippen LogP contribution in [0.3, 0.4) is 0 Å². The molecule has 2 aromatic rings. The van der Waals surface area contributed by atoms with E-state index in [4.69, 9.17) is 14.2 Å². The lowest BCUT2D eigenvalue weighted by atomic mass is 9.98. The van der Waals surface area contributed by atoms with E-state index in [1.54, 1.807) is 20.8 Å². The Bertz CT molecular complexity index is 1750. The van der Waals surface area contributed by atoms with E-state index in [1.807, 2.05) is 69.3 Å². The van der Waals surface area contributed by atoms with Gasteiger partial charge in [0.25, 0.3) is 0 Å². The molecule has 1 aliphatic carbocycles. The molecule has 0 radical (unpaired) electrons. The number of esters is 2. The molecule has 3 amide bonds. The number of carbonyl (C=O) groups is 6. The number of carboxylic acids is 1. The maximum atomic E-state index is 13.0. The van der Waals surface area contributed by atoms with Crippen LogP contribution in [0.2, 0.25) is 0 Å². The van der Waals surface area contributed by atoms with Crippen molar-refractivity contribution in [1.29, 1.82) is 0 Å². The number of hydrogen-bond acceptors (Lipinski definition) is 9. The quantitative estimate of drug-likeness (QED) is 0.0322. The van der Waals surface area contributed by atoms with Gasteiger partial charge in [-0.1, -0.05) is 126 Å². The van der Waals surface area contributed by atoms with Crippen molar-refractivity contribution in [2.45, 2.75) is 206 Å². The van der Waals surface area contributed by atoms with Crippen molar-refractivity contribution < 1.29 is 48.1 Å². The third-order valence-electron chi connectivity index (χ3n) is 11.3. The number of rotatable bonds is 31. The Hall–Kier alpha value is -4.94. The molecule has 0 aromatic heterocycles. The van der Waals surface area contributed by atoms with Crippen LogP contribution in [0.25, 0.3) is 11.1 Å². The van der Waals surface area contributed by atoms with E-state index < -0.39 is 41.3 Å². The number of ether oxygens (including phenoxy) is 3. The molecular formula is C52H79N3O10. The van der Waals surface area contributed by atoms with Gasteiger partial charge in [-0.25, -0.2) is 14.4 Å². The summed E-state index contributed by atoms with van der Waals surface area (Å²) in [7, 11) is 0. The van der Waals surface area contributed by atoms with Crippen LogP contribution in [-0.4, -0.2) is 77.4 Å². The lowest BCUT2D eigenvalue weighted by Gasteiger charge is -2.24. The summed E-state index contributed by atoms with van der Waals surface area (Å²) in [6.07, 6.45) is 16.7. The van der Waals surface area contributed by atoms with Gasteiger partial charge < -0.3 is 35.3 Å². The summed E-state index contributed by atoms with van der Waals surface area (Å²) < 4.78 is 16.4. The van der Waals surface area contributed by atoms with Crippen LogP contribution in [0, 0.1) is 0 Å². The molecule has 3 rings (SSSR count). The molecule has 0 saturated heterocycles. The summed E-state index contributed by atoms with van der Waals surface area (Å²) >= 11 is 0. The molecule has 13 nitrogen and oxygen atoms in total. The van der Waals surface area contributed by atoms with Crippen LogP contribution >= 0.6 is 0 Å². The molecule has 0 bridgehead atoms. The predicted octanol–water partition coefficient (Wildman–Crippen LogP) is 10.5. The highest BCUT2D eigenvalue weighted by molar-refractivity contribution is 5.85. The third kappa shape index (κ3) is 22.7. The zero-order chi connectivity index (χ0) is 47.7. The fourth-order valence-electron chi connectivity index (χ4n) is 8.06. The van der Waals surface area contributed by atoms with Gasteiger partial charge in [0.15, 0.2) is 0 Å². The van der Waals surface area contributed by atoms with Gasteiger partial charge in [-0.2, -0.15) is 0 Å². The second kappa shape index (κ2) is 28.9. The van der Waals surface area contributed by atoms with Gasteiger partial charge >= 0.3 is 24.0 Å². The standard InChI is InChI=1S/C52H79N3O10/c1-51(2,3)64-47(58)33-20-18-16-14-12-10-8-7-9-11-13-15-17-19-32-46(57)54-44(49(61)65-52(4,5)6)34-35-45(56)53-36-26-25-31-43(48(59)60)55-50(62)63-37-42-40-29-23-21-27-38(40)39-28-22-24-30-41(39)42/h21-24,27-30,42-44H,7-20,25-26,31-37H2,1-6H3,(H,53,56)(H,54,57)(H,55,62)(H,59,60)/t43-,44-/m0/s1. The van der Waals surface area contributed by atoms with Crippen LogP contribution < -0.4 is 16.0 Å². The number of amides is 3. The normalized spacial score (nSPS) is 13.2. The highest BCUT2D eigenvalue weighted by Gasteiger charge is 2.30. The molecule has 0 saturated carbocycles. The molecule has 65 heavy (non-hydrogen) atoms. The average molecular weight is 906 g/mol. The first-order valence-corrected chi connectivity index (χ1v) is 24.3. The van der Waals surface area contributed by atoms with Crippen molar-refractivity contribution in [2.75, 3.05) is 13.2 Å². The predicted molar refractivity (Wildman–Crippen MR) is 253 cm³/mol. The third-order valence-corrected chi connectivity index (χ3v) is 11.3. The SMILES string of the molecule is CC(C)(C)OC(=O)CCCCCCCCCCCCCCCCC(=O)N[C@@H](CCC(=O)NCCCC[C@H](NC(=O)OCC1c2ccccc2-c2ccccc21)C(=O)O)C(=O)OC(C)(C)C. The molecule has 362 valence electrons. The number of hydrogen-bond donors (Lipinski definition) is 4. The molecular weight excluding hydrogens is 827 g/mol. The summed E-state index contributed by atoms with van der Waals surface area (Å²) in [5.74, 6) is -2.56. The summed E-state index contributed by atoms with van der Waals surface area (Å²) in [5, 5.41) is 17.8. The molecule has 0 aliphatic heterocycles. The van der Waals surface area contributed by atoms with Gasteiger partial charge in [-0.15, -0.1) is 0 Å². The largest absolute Gasteiger partial charge is 0.480 e. The van der Waals surface area contributed by atoms with Gasteiger partial charge in [0.1, 0.15) is 29.9 Å². The molecule has 2 atom stereocenters. The first-order valence-electron chi connectivity index (χ1n) is 24.3. The lowest BCUT2D eigenvalue weighted by molar-refractivity contribution is -0.159. The Kier molecular flexibility index (Phi) is 24.1. The second-order valence-electron chi connectivity index (χ2n) is 19.4. The van der Waals surface area contributed by atoms with Crippen molar-refractivity contribution in [3.63, 3.8) is 0 Å². The topological polar surface area (TPSA) is 186 Å². The number of aliphatic carboxylic acids is 1. The zero-order valence-corrected chi connectivity index (χ0v) is 40.2. The number of carbonyl (C=O) groups excluding carboxylic acids is 5. The van der Waals surface area contributed by atoms with Gasteiger partial charge in [-0.05, 0) is 102 Å². The van der Waals surface area contributed by atoms with Gasteiger partial charge in [-0.3, -0.25) is 14.4 Å². The summed E-state index contributed by atoms with van der Waals surface area (Å²) in [4.78, 5) is 75.1. The number of nitrogens with one attached hydrogen (secondary N) is 3. The minimum atomic E-state index is -1.18. The van der Waals surface area contributed by atoms with Gasteiger partial charge in [0, 0.05) is 31.7 Å². The summed E-state index contributed by atoms with van der Waals surface area (Å²) in [6.45, 7) is 11.3. The van der Waals surface area contributed by atoms with Crippen molar-refractivity contribution >= 4 is 35.8 Å². The van der Waals surface area contributed by atoms with Gasteiger partial charge in [0.05, 0.1) is 0 Å². The van der Waals surface area contributed by atoms with E-state index in [2.05, 4.69) is 16.0 Å². The van der Waals surface area contributed by atoms with E-state index in [-0.39, 0.29) is 56.1 Å². The first-order chi connectivity index (χ1) is 30.9. The highest BCUT2D eigenvalue weighted by atomic mass is 16.6. The van der Waals surface area contributed by atoms with Crippen LogP contribution in [-0.2, 0) is 38.2 Å². The molecule has 2 aromatic carbocycles. The Morgan fingerprint density at radius 3 is 1.55 bits per heavy atom. The zero-order valence-electron chi connectivity index (χ0n) is 40.2. The average Bonchev–Trinajstić information content (AvgIpc) is 3.55. The van der Waals surface area contributed by atoms with Crippen LogP contribution in [0.1, 0.15) is 193 Å². The molecule has 4 N–H and O–H groups in total. The fraction of sp³-hybridized carbons (Fsp3) is 0.654. The number of benzene rings is 2. The molecule has 1 aliphatic rings. The molecule has 0 fully saturated rings. The van der Waals surface area contributed by atoms with Crippen LogP contribution in [0.5, 0.6) is 0 Å². The molecule has 13 heteroatoms. The maximum absolute atomic E-state index is 13.0. The maximum Gasteiger partial charge on any atom is 0.407 e. The smallest absolute Gasteiger partial charge is 0.407 e. The Labute approximate surface area is 388 Å². The Balaban J connectivity index is 1.24. The number of carboxylic acid groups (broad SMARTS) is 1. The summed E-state index contributed by atoms with van der Waals surface area (Å²) in [6, 6.07) is 13.8. The van der Waals surface area contributed by atoms with Crippen molar-refractivity contribution in [2.24, 2.45) is 0 Å². The number of fused-ring (bicyclic) bond motifs is 3. The van der Waals surface area contributed by atoms with Crippen LogP contribution in [0.15, 0.2) is 48.5 Å². The first kappa shape index (κ1) is 54.4. The van der Waals surface area contributed by atoms with Gasteiger partial charge in [0.2, 0.25) is 11.8 Å². The Morgan fingerprint density at radius 1 is 0.554 bits per heavy atom. The van der Waals surface area contributed by atoms with Crippen molar-refractivity contribution in [3.8, 4) is 11.1 Å². The second-order valence-corrected chi connectivity index (χ2v) is 19.4. The molecule has 0 spiro atoms. The molecule has 0 heterocycles. The van der Waals surface area contributed by atoms with E-state index in [9.17, 15) is 33.9 Å². The van der Waals surface area contributed by atoms with E-state index in [0.29, 0.717) is 25.7 Å². The number of unbranched alkanes of at least 4 members (excludes halogenated alkanes) is 14. The van der Waals surface area contributed by atoms with E-state index in [0.717, 1.165) is 67.2 Å². The minimum Gasteiger partial charge on any atom is -0.480 e. The van der Waals surface area contributed by atoms with Crippen LogP contribution in [0.4, 0.5) is 4.79 Å². The summed E-state index contributed by atoms with van der Waals surface area (Å²) in [5.41, 5.74) is 3.13. The molecule has 0 unspecified atom stereocenters. The van der Waals surface area contributed by atoms with Crippen molar-refractivity contribution in [3.05, 3.63) is 59.7 Å². The lowest BCUT2D eigenvalue weighted by Crippen LogP contribution is -2.44. The van der Waals surface area contributed by atoms with Crippen molar-refractivity contribution in [1.82, 2.24) is 16.0 Å². The van der Waals surface area contributed by atoms with E-state index in [1.165, 1.54) is 44.9 Å². The fourth-order valence-corrected chi connectivity index (χ4v) is 8.06. The Morgan fingerprint density at radius 2 is 1.05 bits per heavy atom. The number of alkyl carbamates (subject to hydrolysis) is 1. The van der Waals surface area contributed by atoms with E-state index >= 15 is 0 Å². The minimum absolute atomic E-state index is 0.0112. The highest BCUT2D eigenvalue weighted by Crippen LogP contribution is 2.44.